The van der Waals surface area contributed by atoms with Crippen molar-refractivity contribution in [2.24, 2.45) is 0 Å². The van der Waals surface area contributed by atoms with Crippen LogP contribution in [0.25, 0.3) is 0 Å². The summed E-state index contributed by atoms with van der Waals surface area (Å²) in [5, 5.41) is 0. The van der Waals surface area contributed by atoms with Gasteiger partial charge in [0.15, 0.2) is 23.0 Å². The molecule has 4 rings (SSSR count). The topological polar surface area (TPSA) is 83.5 Å². The van der Waals surface area contributed by atoms with Gasteiger partial charge in [0.2, 0.25) is 13.6 Å². The third-order valence-electron chi connectivity index (χ3n) is 4.53. The number of fused-ring (bicyclic) bond motifs is 2. The van der Waals surface area contributed by atoms with E-state index in [0.717, 1.165) is 5.56 Å². The summed E-state index contributed by atoms with van der Waals surface area (Å²) in [7, 11) is 1.32. The molecule has 0 aromatic heterocycles. The van der Waals surface area contributed by atoms with Crippen LogP contribution in [0.5, 0.6) is 23.0 Å². The van der Waals surface area contributed by atoms with Gasteiger partial charge in [-0.3, -0.25) is 9.59 Å². The minimum absolute atomic E-state index is 0.0946. The third kappa shape index (κ3) is 3.66. The van der Waals surface area contributed by atoms with E-state index in [4.69, 9.17) is 23.7 Å². The van der Waals surface area contributed by atoms with Crippen LogP contribution in [0.3, 0.4) is 0 Å². The monoisotopic (exact) mass is 385 g/mol. The lowest BCUT2D eigenvalue weighted by atomic mass is 10.1. The summed E-state index contributed by atoms with van der Waals surface area (Å²) in [4.78, 5) is 26.3. The van der Waals surface area contributed by atoms with Crippen LogP contribution in [0.15, 0.2) is 36.4 Å². The zero-order chi connectivity index (χ0) is 19.5. The lowest BCUT2D eigenvalue weighted by Gasteiger charge is -2.23. The SMILES string of the molecule is COC(=O)CCN(Cc1ccc2c(c1)OCO2)C(=O)c1ccc2c(c1)OCO2. The molecule has 28 heavy (non-hydrogen) atoms. The van der Waals surface area contributed by atoms with Crippen LogP contribution in [-0.4, -0.2) is 44.0 Å². The summed E-state index contributed by atoms with van der Waals surface area (Å²) in [6.45, 7) is 0.840. The maximum absolute atomic E-state index is 13.1. The van der Waals surface area contributed by atoms with E-state index in [0.29, 0.717) is 35.1 Å². The van der Waals surface area contributed by atoms with Crippen molar-refractivity contribution in [1.82, 2.24) is 4.90 Å². The highest BCUT2D eigenvalue weighted by atomic mass is 16.7. The second-order valence-corrected chi connectivity index (χ2v) is 6.31. The Morgan fingerprint density at radius 2 is 1.57 bits per heavy atom. The highest BCUT2D eigenvalue weighted by Crippen LogP contribution is 2.34. The molecule has 0 radical (unpaired) electrons. The molecule has 0 aliphatic carbocycles. The van der Waals surface area contributed by atoms with Gasteiger partial charge in [0.25, 0.3) is 5.91 Å². The standard InChI is InChI=1S/C20H19NO7/c1-24-19(22)6-7-21(10-13-2-4-15-17(8-13)27-11-25-15)20(23)14-3-5-16-18(9-14)28-12-26-16/h2-5,8-9H,6-7,10-12H2,1H3. The number of methoxy groups -OCH3 is 1. The molecule has 0 spiro atoms. The van der Waals surface area contributed by atoms with Gasteiger partial charge in [-0.05, 0) is 35.9 Å². The molecule has 146 valence electrons. The largest absolute Gasteiger partial charge is 0.469 e. The fourth-order valence-corrected chi connectivity index (χ4v) is 3.05. The number of amides is 1. The number of carbonyl (C=O) groups excluding carboxylic acids is 2. The second kappa shape index (κ2) is 7.67. The van der Waals surface area contributed by atoms with E-state index >= 15 is 0 Å². The number of hydrogen-bond donors (Lipinski definition) is 0. The first-order chi connectivity index (χ1) is 13.6. The quantitative estimate of drug-likeness (QED) is 0.706. The predicted octanol–water partition coefficient (Wildman–Crippen LogP) is 2.35. The number of esters is 1. The van der Waals surface area contributed by atoms with Gasteiger partial charge in [-0.25, -0.2) is 0 Å². The van der Waals surface area contributed by atoms with E-state index in [1.807, 2.05) is 12.1 Å². The maximum Gasteiger partial charge on any atom is 0.307 e. The maximum atomic E-state index is 13.1. The minimum atomic E-state index is -0.380. The van der Waals surface area contributed by atoms with Gasteiger partial charge in [0, 0.05) is 18.7 Å². The van der Waals surface area contributed by atoms with Crippen LogP contribution >= 0.6 is 0 Å². The van der Waals surface area contributed by atoms with Gasteiger partial charge in [-0.15, -0.1) is 0 Å². The van der Waals surface area contributed by atoms with E-state index in [1.165, 1.54) is 7.11 Å². The molecule has 0 unspecified atom stereocenters. The molecule has 2 aromatic carbocycles. The van der Waals surface area contributed by atoms with Crippen molar-refractivity contribution in [3.63, 3.8) is 0 Å². The Morgan fingerprint density at radius 3 is 2.29 bits per heavy atom. The van der Waals surface area contributed by atoms with Gasteiger partial charge in [-0.1, -0.05) is 6.07 Å². The fraction of sp³-hybridized carbons (Fsp3) is 0.300. The summed E-state index contributed by atoms with van der Waals surface area (Å²) >= 11 is 0. The fourth-order valence-electron chi connectivity index (χ4n) is 3.05. The number of benzene rings is 2. The normalized spacial score (nSPS) is 13.3. The lowest BCUT2D eigenvalue weighted by molar-refractivity contribution is -0.140. The number of carbonyl (C=O) groups is 2. The van der Waals surface area contributed by atoms with Crippen LogP contribution in [0.2, 0.25) is 0 Å². The molecule has 2 aliphatic rings. The van der Waals surface area contributed by atoms with Crippen molar-refractivity contribution < 1.29 is 33.3 Å². The Kier molecular flexibility index (Phi) is 4.92. The van der Waals surface area contributed by atoms with Crippen LogP contribution in [-0.2, 0) is 16.1 Å². The number of ether oxygens (including phenoxy) is 5. The van der Waals surface area contributed by atoms with Crippen LogP contribution in [0.4, 0.5) is 0 Å². The highest BCUT2D eigenvalue weighted by Gasteiger charge is 2.22. The first-order valence-corrected chi connectivity index (χ1v) is 8.78. The van der Waals surface area contributed by atoms with E-state index in [9.17, 15) is 9.59 Å². The second-order valence-electron chi connectivity index (χ2n) is 6.31. The van der Waals surface area contributed by atoms with E-state index in [-0.39, 0.29) is 38.4 Å². The van der Waals surface area contributed by atoms with E-state index in [1.54, 1.807) is 29.2 Å². The molecular formula is C20H19NO7. The highest BCUT2D eigenvalue weighted by molar-refractivity contribution is 5.95. The Morgan fingerprint density at radius 1 is 0.929 bits per heavy atom. The average Bonchev–Trinajstić information content (AvgIpc) is 3.38. The molecular weight excluding hydrogens is 366 g/mol. The first-order valence-electron chi connectivity index (χ1n) is 8.78. The third-order valence-corrected chi connectivity index (χ3v) is 4.53. The Bertz CT molecular complexity index is 911. The minimum Gasteiger partial charge on any atom is -0.469 e. The molecule has 8 nitrogen and oxygen atoms in total. The summed E-state index contributed by atoms with van der Waals surface area (Å²) in [5.41, 5.74) is 1.32. The smallest absolute Gasteiger partial charge is 0.307 e. The molecule has 8 heteroatoms. The van der Waals surface area contributed by atoms with Crippen LogP contribution < -0.4 is 18.9 Å². The Labute approximate surface area is 161 Å². The van der Waals surface area contributed by atoms with Gasteiger partial charge >= 0.3 is 5.97 Å². The van der Waals surface area contributed by atoms with Crippen molar-refractivity contribution in [3.05, 3.63) is 47.5 Å². The molecule has 0 saturated carbocycles. The van der Waals surface area contributed by atoms with E-state index in [2.05, 4.69) is 0 Å². The van der Waals surface area contributed by atoms with Crippen LogP contribution in [0.1, 0.15) is 22.3 Å². The summed E-state index contributed by atoms with van der Waals surface area (Å²) in [5.74, 6) is 1.84. The number of nitrogens with zero attached hydrogens (tertiary/aromatic N) is 1. The lowest BCUT2D eigenvalue weighted by Crippen LogP contribution is -2.32. The van der Waals surface area contributed by atoms with E-state index < -0.39 is 0 Å². The molecule has 1 amide bonds. The summed E-state index contributed by atoms with van der Waals surface area (Å²) in [6.07, 6.45) is 0.0946. The van der Waals surface area contributed by atoms with Crippen molar-refractivity contribution in [2.45, 2.75) is 13.0 Å². The molecule has 2 aliphatic heterocycles. The Balaban J connectivity index is 1.55. The molecule has 2 heterocycles. The molecule has 0 bridgehead atoms. The predicted molar refractivity (Wildman–Crippen MR) is 96.5 cm³/mol. The Hall–Kier alpha value is -3.42. The van der Waals surface area contributed by atoms with Gasteiger partial charge in [-0.2, -0.15) is 0 Å². The molecule has 0 atom stereocenters. The number of rotatable bonds is 6. The number of hydrogen-bond acceptors (Lipinski definition) is 7. The van der Waals surface area contributed by atoms with Crippen molar-refractivity contribution in [2.75, 3.05) is 27.2 Å². The molecule has 0 N–H and O–H groups in total. The zero-order valence-electron chi connectivity index (χ0n) is 15.3. The molecule has 2 aromatic rings. The zero-order valence-corrected chi connectivity index (χ0v) is 15.3. The molecule has 0 fully saturated rings. The van der Waals surface area contributed by atoms with Crippen molar-refractivity contribution in [1.29, 1.82) is 0 Å². The van der Waals surface area contributed by atoms with Crippen molar-refractivity contribution >= 4 is 11.9 Å². The average molecular weight is 385 g/mol. The molecule has 0 saturated heterocycles. The van der Waals surface area contributed by atoms with Gasteiger partial charge < -0.3 is 28.6 Å². The van der Waals surface area contributed by atoms with Gasteiger partial charge in [0.1, 0.15) is 0 Å². The van der Waals surface area contributed by atoms with Crippen LogP contribution in [0, 0.1) is 0 Å². The summed E-state index contributed by atoms with van der Waals surface area (Å²) in [6, 6.07) is 10.5. The van der Waals surface area contributed by atoms with Gasteiger partial charge in [0.05, 0.1) is 13.5 Å². The summed E-state index contributed by atoms with van der Waals surface area (Å²) < 4.78 is 26.1. The first kappa shape index (κ1) is 18.0. The van der Waals surface area contributed by atoms with Crippen molar-refractivity contribution in [3.8, 4) is 23.0 Å².